The van der Waals surface area contributed by atoms with Crippen LogP contribution in [0.2, 0.25) is 0 Å². The lowest BCUT2D eigenvalue weighted by molar-refractivity contribution is 0.708. The molecule has 1 aromatic heterocycles. The van der Waals surface area contributed by atoms with Crippen molar-refractivity contribution in [2.24, 2.45) is 5.73 Å². The summed E-state index contributed by atoms with van der Waals surface area (Å²) in [5.41, 5.74) is 5.27. The fraction of sp³-hybridized carbons (Fsp3) is 0.571. The molecule has 10 heavy (non-hydrogen) atoms. The summed E-state index contributed by atoms with van der Waals surface area (Å²) in [7, 11) is 0. The summed E-state index contributed by atoms with van der Waals surface area (Å²) >= 11 is 0. The first-order valence-corrected chi connectivity index (χ1v) is 3.59. The van der Waals surface area contributed by atoms with Crippen LogP contribution >= 0.6 is 0 Å². The molecule has 1 rings (SSSR count). The Morgan fingerprint density at radius 3 is 2.70 bits per heavy atom. The second-order valence-electron chi connectivity index (χ2n) is 1.59. The molecule has 1 aromatic rings. The number of imidazole rings is 1. The van der Waals surface area contributed by atoms with E-state index in [0.29, 0.717) is 6.54 Å². The Hall–Kier alpha value is -0.830. The third kappa shape index (κ3) is 3.25. The number of rotatable bonds is 2. The molecule has 0 saturated carbocycles. The maximum absolute atomic E-state index is 5.27. The summed E-state index contributed by atoms with van der Waals surface area (Å²) in [6.45, 7) is 5.54. The number of nitrogens with zero attached hydrogens (tertiary/aromatic N) is 2. The number of hydrogen-bond donors (Lipinski definition) is 1. The molecule has 0 spiro atoms. The van der Waals surface area contributed by atoms with Crippen molar-refractivity contribution < 1.29 is 1.43 Å². The van der Waals surface area contributed by atoms with E-state index >= 15 is 0 Å². The van der Waals surface area contributed by atoms with E-state index in [1.165, 1.54) is 0 Å². The second-order valence-corrected chi connectivity index (χ2v) is 1.59. The number of hydrogen-bond acceptors (Lipinski definition) is 2. The van der Waals surface area contributed by atoms with Crippen molar-refractivity contribution in [3.05, 3.63) is 18.7 Å². The van der Waals surface area contributed by atoms with Gasteiger partial charge in [-0.3, -0.25) is 0 Å². The zero-order valence-corrected chi connectivity index (χ0v) is 6.62. The van der Waals surface area contributed by atoms with E-state index in [1.807, 2.05) is 24.6 Å². The van der Waals surface area contributed by atoms with E-state index in [9.17, 15) is 0 Å². The van der Waals surface area contributed by atoms with Gasteiger partial charge < -0.3 is 10.3 Å². The highest BCUT2D eigenvalue weighted by Crippen LogP contribution is 1.81. The van der Waals surface area contributed by atoms with Crippen molar-refractivity contribution in [1.82, 2.24) is 9.55 Å². The van der Waals surface area contributed by atoms with E-state index < -0.39 is 0 Å². The van der Waals surface area contributed by atoms with Crippen LogP contribution in [0.3, 0.4) is 0 Å². The Morgan fingerprint density at radius 1 is 1.60 bits per heavy atom. The monoisotopic (exact) mass is 143 g/mol. The molecular weight excluding hydrogens is 126 g/mol. The van der Waals surface area contributed by atoms with Crippen molar-refractivity contribution in [3.63, 3.8) is 0 Å². The minimum absolute atomic E-state index is 0. The highest BCUT2D eigenvalue weighted by atomic mass is 15.0. The minimum Gasteiger partial charge on any atom is -0.336 e. The maximum atomic E-state index is 5.27. The minimum atomic E-state index is 0. The highest BCUT2D eigenvalue weighted by molar-refractivity contribution is 4.73. The molecule has 2 N–H and O–H groups in total. The normalized spacial score (nSPS) is 8.30. The summed E-state index contributed by atoms with van der Waals surface area (Å²) in [4.78, 5) is 3.85. The standard InChI is InChI=1S/C5H9N3.C2H6.H2/c6-1-3-8-4-2-7-5-8;1-2;/h2,4-5H,1,3,6H2;1-2H3;1H. The molecule has 0 bridgehead atoms. The zero-order chi connectivity index (χ0) is 7.82. The van der Waals surface area contributed by atoms with Gasteiger partial charge in [0.15, 0.2) is 0 Å². The summed E-state index contributed by atoms with van der Waals surface area (Å²) in [5.74, 6) is 0. The van der Waals surface area contributed by atoms with Gasteiger partial charge in [-0.2, -0.15) is 0 Å². The molecule has 0 fully saturated rings. The molecule has 0 amide bonds. The van der Waals surface area contributed by atoms with E-state index in [-0.39, 0.29) is 1.43 Å². The second kappa shape index (κ2) is 6.29. The summed E-state index contributed by atoms with van der Waals surface area (Å²) in [5, 5.41) is 0. The molecule has 0 aliphatic carbocycles. The van der Waals surface area contributed by atoms with E-state index in [4.69, 9.17) is 5.73 Å². The first kappa shape index (κ1) is 9.17. The molecule has 0 aromatic carbocycles. The van der Waals surface area contributed by atoms with Crippen molar-refractivity contribution in [3.8, 4) is 0 Å². The van der Waals surface area contributed by atoms with Gasteiger partial charge in [0.2, 0.25) is 0 Å². The molecular formula is C7H17N3. The van der Waals surface area contributed by atoms with E-state index in [0.717, 1.165) is 6.54 Å². The number of aromatic nitrogens is 2. The van der Waals surface area contributed by atoms with Crippen LogP contribution in [-0.4, -0.2) is 16.1 Å². The van der Waals surface area contributed by atoms with Gasteiger partial charge in [0.05, 0.1) is 6.33 Å². The lowest BCUT2D eigenvalue weighted by Gasteiger charge is -1.93. The Bertz CT molecular complexity index is 139. The Kier molecular flexibility index (Phi) is 5.77. The van der Waals surface area contributed by atoms with Gasteiger partial charge in [0, 0.05) is 26.9 Å². The van der Waals surface area contributed by atoms with Crippen LogP contribution in [0.4, 0.5) is 0 Å². The largest absolute Gasteiger partial charge is 0.336 e. The molecule has 0 aliphatic rings. The van der Waals surface area contributed by atoms with Crippen molar-refractivity contribution >= 4 is 0 Å². The van der Waals surface area contributed by atoms with Crippen molar-refractivity contribution in [2.45, 2.75) is 20.4 Å². The average Bonchev–Trinajstić information content (AvgIpc) is 2.46. The third-order valence-corrected chi connectivity index (χ3v) is 0.946. The Morgan fingerprint density at radius 2 is 2.30 bits per heavy atom. The third-order valence-electron chi connectivity index (χ3n) is 0.946. The topological polar surface area (TPSA) is 43.8 Å². The summed E-state index contributed by atoms with van der Waals surface area (Å²) in [6.07, 6.45) is 5.40. The number of nitrogens with two attached hydrogens (primary N) is 1. The Labute approximate surface area is 63.4 Å². The smallest absolute Gasteiger partial charge is 0.0946 e. The van der Waals surface area contributed by atoms with Gasteiger partial charge >= 0.3 is 0 Å². The lowest BCUT2D eigenvalue weighted by Crippen LogP contribution is -2.07. The van der Waals surface area contributed by atoms with Crippen LogP contribution in [0.25, 0.3) is 0 Å². The molecule has 0 aliphatic heterocycles. The molecule has 0 atom stereocenters. The lowest BCUT2D eigenvalue weighted by atomic mass is 10.6. The molecule has 0 saturated heterocycles. The van der Waals surface area contributed by atoms with Crippen LogP contribution in [0, 0.1) is 0 Å². The average molecular weight is 143 g/mol. The van der Waals surface area contributed by atoms with Crippen LogP contribution in [0.15, 0.2) is 18.7 Å². The zero-order valence-electron chi connectivity index (χ0n) is 6.62. The van der Waals surface area contributed by atoms with Gasteiger partial charge in [0.25, 0.3) is 0 Å². The summed E-state index contributed by atoms with van der Waals surface area (Å²) < 4.78 is 1.94. The predicted octanol–water partition coefficient (Wildman–Crippen LogP) is 1.11. The van der Waals surface area contributed by atoms with Gasteiger partial charge in [0.1, 0.15) is 0 Å². The molecule has 60 valence electrons. The first-order valence-electron chi connectivity index (χ1n) is 3.59. The van der Waals surface area contributed by atoms with Gasteiger partial charge in [-0.25, -0.2) is 4.98 Å². The van der Waals surface area contributed by atoms with E-state index in [1.54, 1.807) is 12.5 Å². The van der Waals surface area contributed by atoms with Gasteiger partial charge in [-0.1, -0.05) is 13.8 Å². The molecule has 0 unspecified atom stereocenters. The van der Waals surface area contributed by atoms with Crippen molar-refractivity contribution in [1.29, 1.82) is 0 Å². The van der Waals surface area contributed by atoms with Crippen LogP contribution in [0.5, 0.6) is 0 Å². The van der Waals surface area contributed by atoms with Gasteiger partial charge in [-0.15, -0.1) is 0 Å². The van der Waals surface area contributed by atoms with Crippen LogP contribution < -0.4 is 5.73 Å². The summed E-state index contributed by atoms with van der Waals surface area (Å²) in [6, 6.07) is 0. The SMILES string of the molecule is CC.NCCn1ccnc1.[HH]. The predicted molar refractivity (Wildman–Crippen MR) is 44.7 cm³/mol. The molecule has 3 heteroatoms. The molecule has 0 radical (unpaired) electrons. The first-order chi connectivity index (χ1) is 4.93. The van der Waals surface area contributed by atoms with Crippen LogP contribution in [-0.2, 0) is 6.54 Å². The van der Waals surface area contributed by atoms with Crippen LogP contribution in [0.1, 0.15) is 15.3 Å². The molecule has 3 nitrogen and oxygen atoms in total. The van der Waals surface area contributed by atoms with Crippen molar-refractivity contribution in [2.75, 3.05) is 6.54 Å². The van der Waals surface area contributed by atoms with E-state index in [2.05, 4.69) is 4.98 Å². The highest BCUT2D eigenvalue weighted by Gasteiger charge is 1.82. The molecule has 1 heterocycles. The maximum Gasteiger partial charge on any atom is 0.0946 e. The Balaban J connectivity index is 0. The fourth-order valence-electron chi connectivity index (χ4n) is 0.568. The van der Waals surface area contributed by atoms with Gasteiger partial charge in [-0.05, 0) is 0 Å². The quantitative estimate of drug-likeness (QED) is 0.674. The fourth-order valence-corrected chi connectivity index (χ4v) is 0.568.